The SMILES string of the molecule is Cc1ccn(-c2cc(-c3ccc(Cl)c(C)c3)ccc2[C@@H](Oc2cc(N3CCC4(CC3)CNC(C(=O)O)C4)nc(N)n2)C(F)(F)F)n1. The van der Waals surface area contributed by atoms with E-state index in [0.29, 0.717) is 61.0 Å². The summed E-state index contributed by atoms with van der Waals surface area (Å²) in [6, 6.07) is 12.5. The molecule has 0 radical (unpaired) electrons. The number of rotatable bonds is 7. The molecule has 46 heavy (non-hydrogen) atoms. The number of carbonyl (C=O) groups is 1. The minimum absolute atomic E-state index is 0.156. The first kappa shape index (κ1) is 31.6. The second-order valence-electron chi connectivity index (χ2n) is 12.1. The topological polar surface area (TPSA) is 131 Å². The average molecular weight is 656 g/mol. The van der Waals surface area contributed by atoms with Crippen LogP contribution in [0.5, 0.6) is 5.88 Å². The van der Waals surface area contributed by atoms with E-state index in [4.69, 9.17) is 22.1 Å². The lowest BCUT2D eigenvalue weighted by Gasteiger charge is -2.39. The van der Waals surface area contributed by atoms with E-state index in [1.54, 1.807) is 37.4 Å². The Labute approximate surface area is 268 Å². The van der Waals surface area contributed by atoms with E-state index in [9.17, 15) is 23.1 Å². The molecule has 2 aromatic heterocycles. The van der Waals surface area contributed by atoms with Crippen molar-refractivity contribution in [1.82, 2.24) is 25.1 Å². The number of carboxylic acids is 1. The van der Waals surface area contributed by atoms with Crippen molar-refractivity contribution in [1.29, 1.82) is 0 Å². The Bertz CT molecular complexity index is 1770. The number of aromatic nitrogens is 4. The van der Waals surface area contributed by atoms with Gasteiger partial charge in [-0.25, -0.2) is 4.68 Å². The lowest BCUT2D eigenvalue weighted by Crippen LogP contribution is -2.41. The summed E-state index contributed by atoms with van der Waals surface area (Å²) in [5, 5.41) is 17.4. The van der Waals surface area contributed by atoms with Crippen LogP contribution < -0.4 is 20.7 Å². The van der Waals surface area contributed by atoms with Gasteiger partial charge in [0.1, 0.15) is 11.9 Å². The van der Waals surface area contributed by atoms with E-state index in [2.05, 4.69) is 20.4 Å². The maximum absolute atomic E-state index is 14.8. The smallest absolute Gasteiger partial charge is 0.429 e. The number of aliphatic carboxylic acids is 1. The molecule has 2 aromatic carbocycles. The van der Waals surface area contributed by atoms with E-state index < -0.39 is 24.3 Å². The Balaban J connectivity index is 1.31. The Morgan fingerprint density at radius 2 is 1.83 bits per heavy atom. The minimum atomic E-state index is -4.83. The second-order valence-corrected chi connectivity index (χ2v) is 12.5. The van der Waals surface area contributed by atoms with Gasteiger partial charge in [-0.05, 0) is 79.5 Å². The molecule has 6 rings (SSSR count). The molecule has 4 heterocycles. The van der Waals surface area contributed by atoms with Crippen molar-refractivity contribution in [3.63, 3.8) is 0 Å². The standard InChI is InChI=1S/C32H33ClF3N7O3/c1-18-13-20(4-6-23(18)33)21-3-5-22(25(14-21)43-10-7-19(2)41-43)28(32(34,35)36)46-27-15-26(39-30(37)40-27)42-11-8-31(9-12-42)16-24(29(44)45)38-17-31/h3-7,10,13-15,24,28,38H,8-9,11-12,16-17H2,1-2H3,(H,44,45)(H2,37,39,40)/t24?,28-/m1/s1. The molecule has 242 valence electrons. The maximum atomic E-state index is 14.8. The van der Waals surface area contributed by atoms with Gasteiger partial charge in [-0.1, -0.05) is 29.8 Å². The fourth-order valence-electron chi connectivity index (χ4n) is 6.28. The molecule has 1 unspecified atom stereocenters. The van der Waals surface area contributed by atoms with Gasteiger partial charge in [-0.2, -0.15) is 28.2 Å². The number of ether oxygens (including phenoxy) is 1. The molecule has 2 fully saturated rings. The predicted molar refractivity (Wildman–Crippen MR) is 167 cm³/mol. The van der Waals surface area contributed by atoms with E-state index in [1.807, 2.05) is 24.0 Å². The molecule has 10 nitrogen and oxygen atoms in total. The van der Waals surface area contributed by atoms with Crippen LogP contribution in [0.3, 0.4) is 0 Å². The summed E-state index contributed by atoms with van der Waals surface area (Å²) < 4.78 is 51.5. The highest BCUT2D eigenvalue weighted by Crippen LogP contribution is 2.43. The number of alkyl halides is 3. The summed E-state index contributed by atoms with van der Waals surface area (Å²) in [6.45, 7) is 5.26. The fourth-order valence-corrected chi connectivity index (χ4v) is 6.40. The zero-order chi connectivity index (χ0) is 32.8. The van der Waals surface area contributed by atoms with Gasteiger partial charge in [-0.3, -0.25) is 4.79 Å². The molecule has 0 bridgehead atoms. The van der Waals surface area contributed by atoms with E-state index in [0.717, 1.165) is 11.1 Å². The van der Waals surface area contributed by atoms with Crippen molar-refractivity contribution in [2.45, 2.75) is 51.4 Å². The highest BCUT2D eigenvalue weighted by Gasteiger charge is 2.46. The van der Waals surface area contributed by atoms with Gasteiger partial charge >= 0.3 is 12.1 Å². The van der Waals surface area contributed by atoms with Gasteiger partial charge in [0, 0.05) is 42.5 Å². The monoisotopic (exact) mass is 655 g/mol. The zero-order valence-electron chi connectivity index (χ0n) is 25.2. The number of benzene rings is 2. The largest absolute Gasteiger partial charge is 0.480 e. The number of piperidine rings is 1. The number of nitrogens with two attached hydrogens (primary N) is 1. The highest BCUT2D eigenvalue weighted by atomic mass is 35.5. The van der Waals surface area contributed by atoms with E-state index >= 15 is 0 Å². The highest BCUT2D eigenvalue weighted by molar-refractivity contribution is 6.31. The molecular weight excluding hydrogens is 623 g/mol. The summed E-state index contributed by atoms with van der Waals surface area (Å²) in [5.74, 6) is -1.07. The van der Waals surface area contributed by atoms with Crippen LogP contribution in [-0.4, -0.2) is 62.7 Å². The van der Waals surface area contributed by atoms with Crippen LogP contribution in [0.4, 0.5) is 24.9 Å². The first-order valence-corrected chi connectivity index (χ1v) is 15.2. The Morgan fingerprint density at radius 1 is 1.11 bits per heavy atom. The van der Waals surface area contributed by atoms with Crippen LogP contribution in [0.1, 0.15) is 42.2 Å². The van der Waals surface area contributed by atoms with Gasteiger partial charge in [-0.15, -0.1) is 0 Å². The molecule has 1 spiro atoms. The number of nitrogens with zero attached hydrogens (tertiary/aromatic N) is 5. The van der Waals surface area contributed by atoms with Crippen LogP contribution in [0.25, 0.3) is 16.8 Å². The number of nitrogen functional groups attached to an aromatic ring is 1. The molecule has 2 aliphatic heterocycles. The van der Waals surface area contributed by atoms with E-state index in [1.165, 1.54) is 16.8 Å². The van der Waals surface area contributed by atoms with Crippen molar-refractivity contribution in [3.05, 3.63) is 76.6 Å². The number of aryl methyl sites for hydroxylation is 2. The Kier molecular flexibility index (Phi) is 8.32. The Morgan fingerprint density at radius 3 is 2.46 bits per heavy atom. The molecule has 4 aromatic rings. The van der Waals surface area contributed by atoms with Crippen molar-refractivity contribution >= 4 is 29.3 Å². The number of nitrogens with one attached hydrogen (secondary N) is 1. The van der Waals surface area contributed by atoms with Gasteiger partial charge in [0.25, 0.3) is 0 Å². The normalized spacial score (nSPS) is 18.6. The molecule has 2 saturated heterocycles. The number of hydrogen-bond donors (Lipinski definition) is 3. The first-order chi connectivity index (χ1) is 21.8. The molecule has 0 aliphatic carbocycles. The number of halogens is 4. The molecule has 4 N–H and O–H groups in total. The quantitative estimate of drug-likeness (QED) is 0.223. The summed E-state index contributed by atoms with van der Waals surface area (Å²) in [4.78, 5) is 21.6. The first-order valence-electron chi connectivity index (χ1n) is 14.8. The number of carboxylic acid groups (broad SMARTS) is 1. The van der Waals surface area contributed by atoms with Gasteiger partial charge in [0.2, 0.25) is 17.9 Å². The molecule has 2 aliphatic rings. The number of anilines is 2. The third-order valence-corrected chi connectivity index (χ3v) is 9.25. The molecule has 14 heteroatoms. The average Bonchev–Trinajstić information content (AvgIpc) is 3.63. The third-order valence-electron chi connectivity index (χ3n) is 8.82. The van der Waals surface area contributed by atoms with Crippen LogP contribution in [0, 0.1) is 19.3 Å². The zero-order valence-corrected chi connectivity index (χ0v) is 25.9. The van der Waals surface area contributed by atoms with Gasteiger partial charge < -0.3 is 25.8 Å². The summed E-state index contributed by atoms with van der Waals surface area (Å²) in [7, 11) is 0. The van der Waals surface area contributed by atoms with Gasteiger partial charge in [0.05, 0.1) is 11.4 Å². The van der Waals surface area contributed by atoms with E-state index in [-0.39, 0.29) is 28.5 Å². The minimum Gasteiger partial charge on any atom is -0.480 e. The summed E-state index contributed by atoms with van der Waals surface area (Å²) >= 11 is 6.21. The predicted octanol–water partition coefficient (Wildman–Crippen LogP) is 5.90. The molecular formula is C32H33ClF3N7O3. The fraction of sp³-hybridized carbons (Fsp3) is 0.375. The van der Waals surface area contributed by atoms with Crippen molar-refractivity contribution in [3.8, 4) is 22.7 Å². The molecule has 0 amide bonds. The lowest BCUT2D eigenvalue weighted by molar-refractivity contribution is -0.198. The van der Waals surface area contributed by atoms with Crippen LogP contribution in [0.2, 0.25) is 5.02 Å². The summed E-state index contributed by atoms with van der Waals surface area (Å²) in [5.41, 5.74) is 8.78. The van der Waals surface area contributed by atoms with Crippen molar-refractivity contribution in [2.75, 3.05) is 30.3 Å². The van der Waals surface area contributed by atoms with Crippen LogP contribution in [-0.2, 0) is 4.79 Å². The third kappa shape index (κ3) is 6.47. The second kappa shape index (κ2) is 12.1. The van der Waals surface area contributed by atoms with Crippen molar-refractivity contribution < 1.29 is 27.8 Å². The maximum Gasteiger partial charge on any atom is 0.429 e. The number of hydrogen-bond acceptors (Lipinski definition) is 8. The lowest BCUT2D eigenvalue weighted by atomic mass is 9.76. The molecule has 2 atom stereocenters. The Hall–Kier alpha value is -4.36. The summed E-state index contributed by atoms with van der Waals surface area (Å²) in [6.07, 6.45) is -3.72. The van der Waals surface area contributed by atoms with Crippen molar-refractivity contribution in [2.24, 2.45) is 5.41 Å². The van der Waals surface area contributed by atoms with Crippen LogP contribution in [0.15, 0.2) is 54.7 Å². The van der Waals surface area contributed by atoms with Gasteiger partial charge in [0.15, 0.2) is 0 Å². The van der Waals surface area contributed by atoms with Crippen LogP contribution >= 0.6 is 11.6 Å². The molecule has 0 saturated carbocycles.